The van der Waals surface area contributed by atoms with Crippen molar-refractivity contribution in [2.45, 2.75) is 18.4 Å². The zero-order valence-corrected chi connectivity index (χ0v) is 14.0. The van der Waals surface area contributed by atoms with E-state index < -0.39 is 0 Å². The molecule has 0 aromatic heterocycles. The molecule has 3 atom stereocenters. The van der Waals surface area contributed by atoms with Crippen molar-refractivity contribution in [1.82, 2.24) is 5.32 Å². The highest BCUT2D eigenvalue weighted by molar-refractivity contribution is 9.10. The van der Waals surface area contributed by atoms with Gasteiger partial charge in [-0.2, -0.15) is 0 Å². The lowest BCUT2D eigenvalue weighted by atomic mass is 9.98. The molecule has 0 spiro atoms. The Bertz CT molecular complexity index is 647. The highest BCUT2D eigenvalue weighted by Gasteiger charge is 2.44. The summed E-state index contributed by atoms with van der Waals surface area (Å²) in [6.07, 6.45) is 1.07. The van der Waals surface area contributed by atoms with Crippen molar-refractivity contribution >= 4 is 27.5 Å². The lowest BCUT2D eigenvalue weighted by Crippen LogP contribution is -2.20. The Morgan fingerprint density at radius 2 is 2.00 bits per heavy atom. The van der Waals surface area contributed by atoms with Gasteiger partial charge in [0.15, 0.2) is 0 Å². The van der Waals surface area contributed by atoms with Gasteiger partial charge in [0.1, 0.15) is 5.82 Å². The summed E-state index contributed by atoms with van der Waals surface area (Å²) < 4.78 is 14.8. The zero-order chi connectivity index (χ0) is 15.0. The molecule has 3 unspecified atom stereocenters. The van der Waals surface area contributed by atoms with Crippen LogP contribution in [-0.2, 0) is 0 Å². The standard InChI is InChI=1S/C17H16BrClFN/c1-21-17(13-8-15(19)14(18)9-16(13)20)12-7-11(12)10-5-3-2-4-6-10/h2-6,8-9,11-12,17,21H,7H2,1H3. The van der Waals surface area contributed by atoms with Crippen molar-refractivity contribution in [3.8, 4) is 0 Å². The van der Waals surface area contributed by atoms with Crippen LogP contribution in [0, 0.1) is 11.7 Å². The molecule has 21 heavy (non-hydrogen) atoms. The number of benzene rings is 2. The summed E-state index contributed by atoms with van der Waals surface area (Å²) in [6, 6.07) is 13.6. The molecule has 1 fully saturated rings. The van der Waals surface area contributed by atoms with Crippen LogP contribution in [0.5, 0.6) is 0 Å². The summed E-state index contributed by atoms with van der Waals surface area (Å²) in [7, 11) is 1.88. The molecule has 0 amide bonds. The lowest BCUT2D eigenvalue weighted by Gasteiger charge is -2.18. The van der Waals surface area contributed by atoms with Crippen molar-refractivity contribution in [3.05, 3.63) is 68.9 Å². The Morgan fingerprint density at radius 1 is 1.29 bits per heavy atom. The Kier molecular flexibility index (Phi) is 4.34. The van der Waals surface area contributed by atoms with Crippen LogP contribution in [0.4, 0.5) is 4.39 Å². The maximum atomic E-state index is 14.3. The van der Waals surface area contributed by atoms with Crippen LogP contribution in [0.3, 0.4) is 0 Å². The van der Waals surface area contributed by atoms with Crippen molar-refractivity contribution in [1.29, 1.82) is 0 Å². The van der Waals surface area contributed by atoms with Gasteiger partial charge in [-0.1, -0.05) is 41.9 Å². The summed E-state index contributed by atoms with van der Waals surface area (Å²) in [5.41, 5.74) is 1.97. The summed E-state index contributed by atoms with van der Waals surface area (Å²) >= 11 is 9.38. The van der Waals surface area contributed by atoms with Crippen molar-refractivity contribution in [2.24, 2.45) is 5.92 Å². The first-order valence-corrected chi connectivity index (χ1v) is 8.15. The predicted molar refractivity (Wildman–Crippen MR) is 88.2 cm³/mol. The molecule has 1 nitrogen and oxygen atoms in total. The van der Waals surface area contributed by atoms with E-state index >= 15 is 0 Å². The average molecular weight is 369 g/mol. The highest BCUT2D eigenvalue weighted by Crippen LogP contribution is 2.54. The first-order chi connectivity index (χ1) is 10.1. The minimum atomic E-state index is -0.218. The average Bonchev–Trinajstić information content (AvgIpc) is 3.26. The molecule has 1 aliphatic carbocycles. The molecule has 2 aromatic rings. The van der Waals surface area contributed by atoms with E-state index in [1.165, 1.54) is 11.6 Å². The van der Waals surface area contributed by atoms with Crippen molar-refractivity contribution in [3.63, 3.8) is 0 Å². The molecule has 110 valence electrons. The van der Waals surface area contributed by atoms with Crippen molar-refractivity contribution < 1.29 is 4.39 Å². The summed E-state index contributed by atoms with van der Waals surface area (Å²) in [5, 5.41) is 3.80. The first-order valence-electron chi connectivity index (χ1n) is 6.98. The Morgan fingerprint density at radius 3 is 2.67 bits per heavy atom. The molecule has 0 heterocycles. The van der Waals surface area contributed by atoms with Crippen LogP contribution in [0.1, 0.15) is 29.5 Å². The van der Waals surface area contributed by atoms with E-state index in [-0.39, 0.29) is 11.9 Å². The van der Waals surface area contributed by atoms with Crippen LogP contribution in [-0.4, -0.2) is 7.05 Å². The molecule has 1 N–H and O–H groups in total. The minimum Gasteiger partial charge on any atom is -0.313 e. The zero-order valence-electron chi connectivity index (χ0n) is 11.6. The number of nitrogens with one attached hydrogen (secondary N) is 1. The maximum absolute atomic E-state index is 14.3. The van der Waals surface area contributed by atoms with Gasteiger partial charge in [-0.05, 0) is 58.9 Å². The second-order valence-electron chi connectivity index (χ2n) is 5.47. The molecule has 0 bridgehead atoms. The van der Waals surface area contributed by atoms with Gasteiger partial charge in [0.05, 0.1) is 5.02 Å². The molecular weight excluding hydrogens is 353 g/mol. The highest BCUT2D eigenvalue weighted by atomic mass is 79.9. The number of halogens is 3. The van der Waals surface area contributed by atoms with Gasteiger partial charge in [-0.15, -0.1) is 0 Å². The fourth-order valence-corrected chi connectivity index (χ4v) is 3.53. The third-order valence-corrected chi connectivity index (χ3v) is 5.38. The van der Waals surface area contributed by atoms with Crippen LogP contribution in [0.2, 0.25) is 5.02 Å². The third kappa shape index (κ3) is 3.01. The van der Waals surface area contributed by atoms with Crippen LogP contribution >= 0.6 is 27.5 Å². The first kappa shape index (κ1) is 15.0. The normalized spacial score (nSPS) is 22.1. The van der Waals surface area contributed by atoms with Crippen LogP contribution in [0.25, 0.3) is 0 Å². The topological polar surface area (TPSA) is 12.0 Å². The van der Waals surface area contributed by atoms with Gasteiger partial charge >= 0.3 is 0 Å². The molecule has 3 rings (SSSR count). The smallest absolute Gasteiger partial charge is 0.129 e. The molecule has 0 aliphatic heterocycles. The molecule has 4 heteroatoms. The maximum Gasteiger partial charge on any atom is 0.129 e. The van der Waals surface area contributed by atoms with Crippen LogP contribution < -0.4 is 5.32 Å². The van der Waals surface area contributed by atoms with E-state index in [9.17, 15) is 4.39 Å². The summed E-state index contributed by atoms with van der Waals surface area (Å²) in [5.74, 6) is 0.680. The van der Waals surface area contributed by atoms with Gasteiger partial charge in [-0.3, -0.25) is 0 Å². The molecular formula is C17H16BrClFN. The largest absolute Gasteiger partial charge is 0.313 e. The second-order valence-corrected chi connectivity index (χ2v) is 6.73. The molecule has 1 aliphatic rings. The van der Waals surface area contributed by atoms with E-state index in [1.54, 1.807) is 6.07 Å². The molecule has 1 saturated carbocycles. The van der Waals surface area contributed by atoms with E-state index in [1.807, 2.05) is 13.1 Å². The predicted octanol–water partition coefficient (Wildman–Crippen LogP) is 5.31. The van der Waals surface area contributed by atoms with E-state index in [4.69, 9.17) is 11.6 Å². The van der Waals surface area contributed by atoms with E-state index in [0.717, 1.165) is 6.42 Å². The lowest BCUT2D eigenvalue weighted by molar-refractivity contribution is 0.484. The number of hydrogen-bond acceptors (Lipinski definition) is 1. The van der Waals surface area contributed by atoms with Gasteiger partial charge < -0.3 is 5.32 Å². The van der Waals surface area contributed by atoms with Gasteiger partial charge in [0.2, 0.25) is 0 Å². The Labute approximate surface area is 137 Å². The SMILES string of the molecule is CNC(c1cc(Cl)c(Br)cc1F)C1CC1c1ccccc1. The summed E-state index contributed by atoms with van der Waals surface area (Å²) in [4.78, 5) is 0. The van der Waals surface area contributed by atoms with Gasteiger partial charge in [0.25, 0.3) is 0 Å². The fraction of sp³-hybridized carbons (Fsp3) is 0.294. The molecule has 2 aromatic carbocycles. The quantitative estimate of drug-likeness (QED) is 0.722. The Balaban J connectivity index is 1.86. The number of hydrogen-bond donors (Lipinski definition) is 1. The van der Waals surface area contributed by atoms with Gasteiger partial charge in [-0.25, -0.2) is 4.39 Å². The van der Waals surface area contributed by atoms with Gasteiger partial charge in [0, 0.05) is 16.1 Å². The van der Waals surface area contributed by atoms with Crippen molar-refractivity contribution in [2.75, 3.05) is 7.05 Å². The Hall–Kier alpha value is -0.900. The van der Waals surface area contributed by atoms with E-state index in [0.29, 0.717) is 26.9 Å². The second kappa shape index (κ2) is 6.07. The molecule has 0 radical (unpaired) electrons. The minimum absolute atomic E-state index is 0.0131. The fourth-order valence-electron chi connectivity index (χ4n) is 3.04. The van der Waals surface area contributed by atoms with Crippen LogP contribution in [0.15, 0.2) is 46.9 Å². The van der Waals surface area contributed by atoms with E-state index in [2.05, 4.69) is 45.5 Å². The molecule has 0 saturated heterocycles. The monoisotopic (exact) mass is 367 g/mol. The number of rotatable bonds is 4. The third-order valence-electron chi connectivity index (χ3n) is 4.18. The summed E-state index contributed by atoms with van der Waals surface area (Å²) in [6.45, 7) is 0.